The number of benzene rings is 3. The summed E-state index contributed by atoms with van der Waals surface area (Å²) in [6.07, 6.45) is -11.3. The van der Waals surface area contributed by atoms with Crippen molar-refractivity contribution in [2.24, 2.45) is 0 Å². The van der Waals surface area contributed by atoms with Gasteiger partial charge < -0.3 is 10.6 Å². The third-order valence-electron chi connectivity index (χ3n) is 6.66. The molecule has 0 saturated carbocycles. The van der Waals surface area contributed by atoms with Crippen LogP contribution in [-0.4, -0.2) is 42.2 Å². The van der Waals surface area contributed by atoms with Crippen LogP contribution in [0.1, 0.15) is 55.5 Å². The molecule has 2 N–H and O–H groups in total. The first-order valence-electron chi connectivity index (χ1n) is 13.1. The predicted molar refractivity (Wildman–Crippen MR) is 155 cm³/mol. The van der Waals surface area contributed by atoms with Crippen molar-refractivity contribution < 1.29 is 53.5 Å². The first-order valence-corrected chi connectivity index (χ1v) is 14.9. The summed E-state index contributed by atoms with van der Waals surface area (Å²) in [7, 11) is 0. The van der Waals surface area contributed by atoms with Crippen molar-refractivity contribution in [1.29, 1.82) is 0 Å². The van der Waals surface area contributed by atoms with Gasteiger partial charge in [-0.25, -0.2) is 0 Å². The molecule has 16 heteroatoms. The average Bonchev–Trinajstić information content (AvgIpc) is 2.92. The standard InChI is InChI=1S/C30H25ClF10N2O2S/c1-15-9-17(10-18-11-19(27(32,33)29(36,37)38)13-20(12-18)28(34,35)30(39,40)41)7-8-23(15)43-25(44)21-5-4-6-22(31)24(21)26(45)42-16(2)14-46-3/h4-9,11-13,16H,10,14H2,1-3H3,(H,42,45)(H,43,44). The first-order chi connectivity index (χ1) is 21.1. The maximum Gasteiger partial charge on any atom is 0.458 e. The summed E-state index contributed by atoms with van der Waals surface area (Å²) >= 11 is 7.71. The highest BCUT2D eigenvalue weighted by atomic mass is 35.5. The number of thioether (sulfide) groups is 1. The van der Waals surface area contributed by atoms with Gasteiger partial charge in [-0.1, -0.05) is 29.8 Å². The minimum atomic E-state index is -6.27. The van der Waals surface area contributed by atoms with Gasteiger partial charge >= 0.3 is 24.2 Å². The molecule has 0 aliphatic carbocycles. The van der Waals surface area contributed by atoms with Crippen LogP contribution in [0.3, 0.4) is 0 Å². The smallest absolute Gasteiger partial charge is 0.349 e. The van der Waals surface area contributed by atoms with Crippen LogP contribution in [0.2, 0.25) is 5.02 Å². The molecule has 2 amide bonds. The van der Waals surface area contributed by atoms with E-state index >= 15 is 0 Å². The van der Waals surface area contributed by atoms with Gasteiger partial charge in [-0.2, -0.15) is 55.7 Å². The first kappa shape index (κ1) is 37.0. The van der Waals surface area contributed by atoms with Crippen molar-refractivity contribution >= 4 is 40.9 Å². The summed E-state index contributed by atoms with van der Waals surface area (Å²) in [6.45, 7) is 3.23. The zero-order valence-electron chi connectivity index (χ0n) is 24.1. The van der Waals surface area contributed by atoms with Gasteiger partial charge in [0.05, 0.1) is 16.1 Å². The maximum absolute atomic E-state index is 14.1. The minimum absolute atomic E-state index is 0.00220. The highest BCUT2D eigenvalue weighted by Crippen LogP contribution is 2.48. The molecule has 3 rings (SSSR count). The lowest BCUT2D eigenvalue weighted by Gasteiger charge is -2.25. The Morgan fingerprint density at radius 2 is 1.37 bits per heavy atom. The summed E-state index contributed by atoms with van der Waals surface area (Å²) in [4.78, 5) is 26.1. The van der Waals surface area contributed by atoms with Gasteiger partial charge in [0.2, 0.25) is 0 Å². The maximum atomic E-state index is 14.1. The molecule has 250 valence electrons. The highest BCUT2D eigenvalue weighted by Gasteiger charge is 2.61. The van der Waals surface area contributed by atoms with Crippen LogP contribution in [0.4, 0.5) is 49.6 Å². The van der Waals surface area contributed by atoms with Crippen LogP contribution in [0, 0.1) is 6.92 Å². The zero-order chi connectivity index (χ0) is 34.8. The Kier molecular flexibility index (Phi) is 11.0. The van der Waals surface area contributed by atoms with E-state index < -0.39 is 65.2 Å². The summed E-state index contributed by atoms with van der Waals surface area (Å²) in [5.74, 6) is -12.2. The molecular weight excluding hydrogens is 678 g/mol. The molecule has 1 atom stereocenters. The molecule has 0 spiro atoms. The number of anilines is 1. The van der Waals surface area contributed by atoms with Gasteiger partial charge in [0.1, 0.15) is 0 Å². The van der Waals surface area contributed by atoms with Crippen LogP contribution in [0.15, 0.2) is 54.6 Å². The van der Waals surface area contributed by atoms with Crippen LogP contribution in [-0.2, 0) is 18.3 Å². The number of hydrogen-bond donors (Lipinski definition) is 2. The normalized spacial score (nSPS) is 13.3. The molecular formula is C30H25ClF10N2O2S. The molecule has 1 unspecified atom stereocenters. The summed E-state index contributed by atoms with van der Waals surface area (Å²) in [6, 6.07) is 7.76. The quantitative estimate of drug-likeness (QED) is 0.207. The van der Waals surface area contributed by atoms with Crippen LogP contribution in [0.5, 0.6) is 0 Å². The lowest BCUT2D eigenvalue weighted by Crippen LogP contribution is -2.36. The molecule has 0 saturated heterocycles. The fraction of sp³-hybridized carbons (Fsp3) is 0.333. The van der Waals surface area contributed by atoms with Crippen molar-refractivity contribution in [3.8, 4) is 0 Å². The van der Waals surface area contributed by atoms with Crippen molar-refractivity contribution in [3.63, 3.8) is 0 Å². The largest absolute Gasteiger partial charge is 0.458 e. The third-order valence-corrected chi connectivity index (χ3v) is 7.80. The number of carbonyl (C=O) groups is 2. The number of alkyl halides is 10. The summed E-state index contributed by atoms with van der Waals surface area (Å²) in [5, 5.41) is 5.32. The number of amides is 2. The number of rotatable bonds is 10. The highest BCUT2D eigenvalue weighted by molar-refractivity contribution is 7.98. The van der Waals surface area contributed by atoms with E-state index in [1.807, 2.05) is 6.26 Å². The molecule has 3 aromatic rings. The molecule has 0 aliphatic rings. The molecule has 3 aromatic carbocycles. The van der Waals surface area contributed by atoms with Gasteiger partial charge in [0, 0.05) is 28.6 Å². The minimum Gasteiger partial charge on any atom is -0.349 e. The third kappa shape index (κ3) is 8.08. The molecule has 0 fully saturated rings. The number of nitrogens with one attached hydrogen (secondary N) is 2. The Morgan fingerprint density at radius 1 is 0.804 bits per heavy atom. The Balaban J connectivity index is 1.94. The van der Waals surface area contributed by atoms with Crippen molar-refractivity contribution in [3.05, 3.63) is 98.6 Å². The number of halogens is 11. The number of hydrogen-bond acceptors (Lipinski definition) is 3. The van der Waals surface area contributed by atoms with E-state index in [0.29, 0.717) is 11.3 Å². The van der Waals surface area contributed by atoms with Crippen LogP contribution in [0.25, 0.3) is 0 Å². The second kappa shape index (κ2) is 13.7. The van der Waals surface area contributed by atoms with E-state index in [2.05, 4.69) is 10.6 Å². The molecule has 0 aliphatic heterocycles. The SMILES string of the molecule is CSCC(C)NC(=O)c1c(Cl)cccc1C(=O)Nc1ccc(Cc2cc(C(F)(F)C(F)(F)F)cc(C(F)(F)C(F)(F)F)c2)cc1C. The monoisotopic (exact) mass is 702 g/mol. The fourth-order valence-corrected chi connectivity index (χ4v) is 5.26. The lowest BCUT2D eigenvalue weighted by atomic mass is 9.93. The predicted octanol–water partition coefficient (Wildman–Crippen LogP) is 9.28. The van der Waals surface area contributed by atoms with Gasteiger partial charge in [-0.3, -0.25) is 9.59 Å². The van der Waals surface area contributed by atoms with Crippen LogP contribution < -0.4 is 10.6 Å². The summed E-state index contributed by atoms with van der Waals surface area (Å²) < 4.78 is 135. The Labute approximate surface area is 265 Å². The Bertz CT molecular complexity index is 1570. The molecule has 0 bridgehead atoms. The van der Waals surface area contributed by atoms with Crippen LogP contribution >= 0.6 is 23.4 Å². The second-order valence-corrected chi connectivity index (χ2v) is 11.7. The van der Waals surface area contributed by atoms with E-state index in [4.69, 9.17) is 11.6 Å². The fourth-order valence-electron chi connectivity index (χ4n) is 4.42. The van der Waals surface area contributed by atoms with E-state index in [1.165, 1.54) is 55.1 Å². The van der Waals surface area contributed by atoms with Crippen molar-refractivity contribution in [1.82, 2.24) is 5.32 Å². The van der Waals surface area contributed by atoms with Crippen molar-refractivity contribution in [2.75, 3.05) is 17.3 Å². The molecule has 46 heavy (non-hydrogen) atoms. The number of carbonyl (C=O) groups excluding carboxylic acids is 2. The second-order valence-electron chi connectivity index (χ2n) is 10.3. The molecule has 0 aromatic heterocycles. The van der Waals surface area contributed by atoms with E-state index in [9.17, 15) is 53.5 Å². The average molecular weight is 703 g/mol. The van der Waals surface area contributed by atoms with Gasteiger partial charge in [0.15, 0.2) is 0 Å². The molecule has 0 radical (unpaired) electrons. The Hall–Kier alpha value is -3.46. The van der Waals surface area contributed by atoms with E-state index in [-0.39, 0.29) is 45.6 Å². The lowest BCUT2D eigenvalue weighted by molar-refractivity contribution is -0.292. The molecule has 4 nitrogen and oxygen atoms in total. The Morgan fingerprint density at radius 3 is 1.87 bits per heavy atom. The van der Waals surface area contributed by atoms with Gasteiger partial charge in [-0.05, 0) is 79.6 Å². The van der Waals surface area contributed by atoms with Crippen molar-refractivity contribution in [2.45, 2.75) is 50.5 Å². The topological polar surface area (TPSA) is 58.2 Å². The summed E-state index contributed by atoms with van der Waals surface area (Å²) in [5.41, 5.74) is -4.43. The van der Waals surface area contributed by atoms with E-state index in [1.54, 1.807) is 6.92 Å². The zero-order valence-corrected chi connectivity index (χ0v) is 25.6. The van der Waals surface area contributed by atoms with E-state index in [0.717, 1.165) is 0 Å². The van der Waals surface area contributed by atoms with Gasteiger partial charge in [-0.15, -0.1) is 0 Å². The van der Waals surface area contributed by atoms with Gasteiger partial charge in [0.25, 0.3) is 11.8 Å². The molecule has 0 heterocycles. The number of aryl methyl sites for hydroxylation is 1.